The van der Waals surface area contributed by atoms with Gasteiger partial charge in [-0.25, -0.2) is 0 Å². The van der Waals surface area contributed by atoms with Gasteiger partial charge in [0.1, 0.15) is 6.29 Å². The molecule has 5 atom stereocenters. The molecule has 3 rings (SSSR count). The molecule has 0 aromatic heterocycles. The average Bonchev–Trinajstić information content (AvgIpc) is 2.51. The number of allylic oxidation sites excluding steroid dienone is 1. The SMILES string of the molecule is CC(=O)OC[C@@H]1C(C=O)=CC[C@H]2[C@@]1(C)CCC1C(C)(C)CCC[C@@]12C. The zero-order chi connectivity index (χ0) is 18.5. The van der Waals surface area contributed by atoms with E-state index in [1.165, 1.54) is 32.6 Å². The maximum atomic E-state index is 11.7. The fourth-order valence-electron chi connectivity index (χ4n) is 7.04. The highest BCUT2D eigenvalue weighted by Crippen LogP contribution is 2.68. The third-order valence-electron chi connectivity index (χ3n) is 8.22. The Labute approximate surface area is 152 Å². The number of esters is 1. The Balaban J connectivity index is 1.98. The summed E-state index contributed by atoms with van der Waals surface area (Å²) >= 11 is 0. The van der Waals surface area contributed by atoms with Crippen LogP contribution >= 0.6 is 0 Å². The molecule has 3 aliphatic carbocycles. The van der Waals surface area contributed by atoms with Crippen LogP contribution in [0.3, 0.4) is 0 Å². The largest absolute Gasteiger partial charge is 0.465 e. The lowest BCUT2D eigenvalue weighted by atomic mass is 9.40. The van der Waals surface area contributed by atoms with Gasteiger partial charge in [0.2, 0.25) is 0 Å². The summed E-state index contributed by atoms with van der Waals surface area (Å²) in [6.45, 7) is 11.5. The molecule has 1 unspecified atom stereocenters. The van der Waals surface area contributed by atoms with Crippen LogP contribution in [0.2, 0.25) is 0 Å². The van der Waals surface area contributed by atoms with Crippen molar-refractivity contribution in [3.63, 3.8) is 0 Å². The van der Waals surface area contributed by atoms with Gasteiger partial charge < -0.3 is 4.74 Å². The van der Waals surface area contributed by atoms with Crippen LogP contribution in [-0.2, 0) is 14.3 Å². The highest BCUT2D eigenvalue weighted by molar-refractivity contribution is 5.75. The summed E-state index contributed by atoms with van der Waals surface area (Å²) in [5.74, 6) is 1.08. The fourth-order valence-corrected chi connectivity index (χ4v) is 7.04. The van der Waals surface area contributed by atoms with Crippen molar-refractivity contribution in [3.05, 3.63) is 11.6 Å². The van der Waals surface area contributed by atoms with Crippen molar-refractivity contribution in [2.24, 2.45) is 34.0 Å². The van der Waals surface area contributed by atoms with E-state index >= 15 is 0 Å². The second kappa shape index (κ2) is 6.25. The van der Waals surface area contributed by atoms with Crippen molar-refractivity contribution in [2.75, 3.05) is 6.61 Å². The van der Waals surface area contributed by atoms with Crippen molar-refractivity contribution < 1.29 is 14.3 Å². The summed E-state index contributed by atoms with van der Waals surface area (Å²) < 4.78 is 5.40. The Morgan fingerprint density at radius 2 is 1.88 bits per heavy atom. The van der Waals surface area contributed by atoms with Gasteiger partial charge in [0.25, 0.3) is 0 Å². The van der Waals surface area contributed by atoms with Crippen LogP contribution in [0.4, 0.5) is 0 Å². The number of carbonyl (C=O) groups is 2. The van der Waals surface area contributed by atoms with E-state index in [1.807, 2.05) is 0 Å². The summed E-state index contributed by atoms with van der Waals surface area (Å²) in [5, 5.41) is 0. The van der Waals surface area contributed by atoms with Crippen LogP contribution < -0.4 is 0 Å². The maximum Gasteiger partial charge on any atom is 0.302 e. The number of aldehydes is 1. The minimum Gasteiger partial charge on any atom is -0.465 e. The van der Waals surface area contributed by atoms with Crippen LogP contribution in [0.5, 0.6) is 0 Å². The molecule has 0 heterocycles. The molecule has 2 saturated carbocycles. The first kappa shape index (κ1) is 18.7. The molecule has 3 nitrogen and oxygen atoms in total. The molecule has 3 aliphatic rings. The van der Waals surface area contributed by atoms with Crippen LogP contribution in [-0.4, -0.2) is 18.9 Å². The van der Waals surface area contributed by atoms with E-state index < -0.39 is 0 Å². The van der Waals surface area contributed by atoms with Crippen LogP contribution in [0.1, 0.15) is 73.1 Å². The summed E-state index contributed by atoms with van der Waals surface area (Å²) in [7, 11) is 0. The molecule has 0 aliphatic heterocycles. The van der Waals surface area contributed by atoms with Gasteiger partial charge in [-0.3, -0.25) is 9.59 Å². The Bertz CT molecular complexity index is 590. The topological polar surface area (TPSA) is 43.4 Å². The van der Waals surface area contributed by atoms with Gasteiger partial charge in [-0.2, -0.15) is 0 Å². The van der Waals surface area contributed by atoms with Gasteiger partial charge in [-0.1, -0.05) is 40.2 Å². The molecule has 0 bridgehead atoms. The molecule has 0 amide bonds. The smallest absolute Gasteiger partial charge is 0.302 e. The van der Waals surface area contributed by atoms with E-state index in [0.29, 0.717) is 23.4 Å². The first-order valence-electron chi connectivity index (χ1n) is 9.94. The first-order valence-corrected chi connectivity index (χ1v) is 9.94. The molecule has 0 N–H and O–H groups in total. The Morgan fingerprint density at radius 3 is 2.52 bits per heavy atom. The quantitative estimate of drug-likeness (QED) is 0.537. The van der Waals surface area contributed by atoms with Gasteiger partial charge in [-0.05, 0) is 65.8 Å². The molecule has 140 valence electrons. The number of carbonyl (C=O) groups excluding carboxylic acids is 2. The summed E-state index contributed by atoms with van der Waals surface area (Å²) in [6, 6.07) is 0. The minimum atomic E-state index is -0.255. The van der Waals surface area contributed by atoms with Gasteiger partial charge in [-0.15, -0.1) is 0 Å². The second-order valence-electron chi connectivity index (χ2n) is 9.91. The highest BCUT2D eigenvalue weighted by Gasteiger charge is 2.61. The molecule has 0 radical (unpaired) electrons. The van der Waals surface area contributed by atoms with Crippen LogP contribution in [0.25, 0.3) is 0 Å². The van der Waals surface area contributed by atoms with Gasteiger partial charge in [0.15, 0.2) is 0 Å². The second-order valence-corrected chi connectivity index (χ2v) is 9.91. The van der Waals surface area contributed by atoms with Gasteiger partial charge in [0, 0.05) is 12.8 Å². The maximum absolute atomic E-state index is 11.7. The van der Waals surface area contributed by atoms with E-state index in [0.717, 1.165) is 30.6 Å². The number of fused-ring (bicyclic) bond motifs is 3. The standard InChI is InChI=1S/C22H34O3/c1-15(24)25-14-17-16(13-23)7-8-19-21(17,4)12-9-18-20(2,3)10-6-11-22(18,19)5/h7,13,17-19H,6,8-12,14H2,1-5H3/t17-,18?,19+,21+,22+/m1/s1. The minimum absolute atomic E-state index is 0.0375. The Morgan fingerprint density at radius 1 is 1.16 bits per heavy atom. The summed E-state index contributed by atoms with van der Waals surface area (Å²) in [4.78, 5) is 23.1. The third kappa shape index (κ3) is 2.88. The normalized spacial score (nSPS) is 42.6. The Hall–Kier alpha value is -1.12. The van der Waals surface area contributed by atoms with Crippen LogP contribution in [0.15, 0.2) is 11.6 Å². The zero-order valence-corrected chi connectivity index (χ0v) is 16.6. The van der Waals surface area contributed by atoms with Crippen molar-refractivity contribution in [3.8, 4) is 0 Å². The fraction of sp³-hybridized carbons (Fsp3) is 0.818. The number of rotatable bonds is 3. The highest BCUT2D eigenvalue weighted by atomic mass is 16.5. The van der Waals surface area contributed by atoms with Crippen molar-refractivity contribution >= 4 is 12.3 Å². The number of hydrogen-bond donors (Lipinski definition) is 0. The van der Waals surface area contributed by atoms with E-state index in [1.54, 1.807) is 0 Å². The van der Waals surface area contributed by atoms with E-state index in [-0.39, 0.29) is 17.3 Å². The number of hydrogen-bond acceptors (Lipinski definition) is 3. The lowest BCUT2D eigenvalue weighted by Crippen LogP contribution is -2.58. The van der Waals surface area contributed by atoms with Gasteiger partial charge in [0.05, 0.1) is 6.61 Å². The Kier molecular flexibility index (Phi) is 4.66. The zero-order valence-electron chi connectivity index (χ0n) is 16.6. The molecular weight excluding hydrogens is 312 g/mol. The molecule has 25 heavy (non-hydrogen) atoms. The first-order chi connectivity index (χ1) is 11.6. The molecule has 2 fully saturated rings. The molecule has 0 aromatic rings. The summed E-state index contributed by atoms with van der Waals surface area (Å²) in [5.41, 5.74) is 1.60. The van der Waals surface area contributed by atoms with Crippen LogP contribution in [0, 0.1) is 34.0 Å². The molecule has 3 heteroatoms. The monoisotopic (exact) mass is 346 g/mol. The predicted octanol–water partition coefficient (Wildman–Crippen LogP) is 4.94. The predicted molar refractivity (Wildman–Crippen MR) is 98.9 cm³/mol. The van der Waals surface area contributed by atoms with Crippen molar-refractivity contribution in [1.82, 2.24) is 0 Å². The molecule has 0 spiro atoms. The molecule has 0 saturated heterocycles. The lowest BCUT2D eigenvalue weighted by molar-refractivity contribution is -0.160. The third-order valence-corrected chi connectivity index (χ3v) is 8.22. The van der Waals surface area contributed by atoms with Gasteiger partial charge >= 0.3 is 5.97 Å². The molecule has 0 aromatic carbocycles. The van der Waals surface area contributed by atoms with Crippen molar-refractivity contribution in [2.45, 2.75) is 73.1 Å². The summed E-state index contributed by atoms with van der Waals surface area (Å²) in [6.07, 6.45) is 10.4. The van der Waals surface area contributed by atoms with Crippen molar-refractivity contribution in [1.29, 1.82) is 0 Å². The van der Waals surface area contributed by atoms with E-state index in [2.05, 4.69) is 33.8 Å². The van der Waals surface area contributed by atoms with E-state index in [4.69, 9.17) is 4.74 Å². The average molecular weight is 347 g/mol. The number of ether oxygens (including phenoxy) is 1. The molecular formula is C22H34O3. The lowest BCUT2D eigenvalue weighted by Gasteiger charge is -2.65. The van der Waals surface area contributed by atoms with E-state index in [9.17, 15) is 9.59 Å².